The Hall–Kier alpha value is -1.96. The summed E-state index contributed by atoms with van der Waals surface area (Å²) >= 11 is 1.69. The van der Waals surface area contributed by atoms with Gasteiger partial charge in [0.15, 0.2) is 11.8 Å². The summed E-state index contributed by atoms with van der Waals surface area (Å²) in [5.41, 5.74) is 1.13. The lowest BCUT2D eigenvalue weighted by Crippen LogP contribution is -2.38. The molecular weight excluding hydrogens is 322 g/mol. The van der Waals surface area contributed by atoms with E-state index < -0.39 is 0 Å². The molecule has 0 radical (unpaired) electrons. The molecule has 0 amide bonds. The fourth-order valence-electron chi connectivity index (χ4n) is 2.89. The Morgan fingerprint density at radius 3 is 3.00 bits per heavy atom. The molecule has 2 aromatic heterocycles. The summed E-state index contributed by atoms with van der Waals surface area (Å²) < 4.78 is 2.26. The number of hydrogen-bond acceptors (Lipinski definition) is 5. The summed E-state index contributed by atoms with van der Waals surface area (Å²) in [5, 5.41) is 18.5. The van der Waals surface area contributed by atoms with Crippen molar-refractivity contribution in [3.05, 3.63) is 27.7 Å². The zero-order valence-corrected chi connectivity index (χ0v) is 15.2. The molecule has 0 saturated heterocycles. The minimum atomic E-state index is 0.641. The van der Waals surface area contributed by atoms with Gasteiger partial charge in [-0.15, -0.1) is 21.5 Å². The van der Waals surface area contributed by atoms with E-state index in [9.17, 15) is 0 Å². The van der Waals surface area contributed by atoms with Crippen molar-refractivity contribution in [1.29, 1.82) is 0 Å². The van der Waals surface area contributed by atoms with E-state index in [0.717, 1.165) is 54.2 Å². The molecule has 0 bridgehead atoms. The van der Waals surface area contributed by atoms with Gasteiger partial charge in [0, 0.05) is 38.4 Å². The third kappa shape index (κ3) is 4.31. The second-order valence-electron chi connectivity index (χ2n) is 5.96. The summed E-state index contributed by atoms with van der Waals surface area (Å²) in [6.45, 7) is 4.50. The Morgan fingerprint density at radius 2 is 2.21 bits per heavy atom. The normalized spacial score (nSPS) is 15.0. The van der Waals surface area contributed by atoms with Gasteiger partial charge in [0.2, 0.25) is 0 Å². The van der Waals surface area contributed by atoms with Crippen LogP contribution < -0.4 is 10.6 Å². The van der Waals surface area contributed by atoms with E-state index in [1.807, 2.05) is 6.92 Å². The van der Waals surface area contributed by atoms with Crippen molar-refractivity contribution >= 4 is 17.3 Å². The molecule has 24 heavy (non-hydrogen) atoms. The Kier molecular flexibility index (Phi) is 5.79. The third-order valence-corrected chi connectivity index (χ3v) is 4.99. The number of hydrogen-bond donors (Lipinski definition) is 2. The summed E-state index contributed by atoms with van der Waals surface area (Å²) in [5.74, 6) is 2.89. The molecule has 0 aromatic carbocycles. The topological polar surface area (TPSA) is 80.0 Å². The van der Waals surface area contributed by atoms with Gasteiger partial charge in [0.25, 0.3) is 0 Å². The maximum atomic E-state index is 4.47. The lowest BCUT2D eigenvalue weighted by atomic mass is 10.2. The molecule has 2 aromatic rings. The molecule has 2 N–H and O–H groups in total. The molecule has 0 unspecified atom stereocenters. The molecule has 1 aliphatic rings. The van der Waals surface area contributed by atoms with Crippen molar-refractivity contribution in [3.8, 4) is 0 Å². The van der Waals surface area contributed by atoms with Gasteiger partial charge in [-0.1, -0.05) is 6.42 Å². The molecule has 1 aliphatic heterocycles. The van der Waals surface area contributed by atoms with E-state index in [0.29, 0.717) is 6.54 Å². The van der Waals surface area contributed by atoms with Crippen LogP contribution >= 0.6 is 11.3 Å². The van der Waals surface area contributed by atoms with Crippen LogP contribution in [0.1, 0.15) is 41.6 Å². The van der Waals surface area contributed by atoms with Crippen molar-refractivity contribution in [1.82, 2.24) is 30.4 Å². The fourth-order valence-corrected chi connectivity index (χ4v) is 3.54. The number of aliphatic imine (C=N–C) groups is 1. The monoisotopic (exact) mass is 347 g/mol. The number of nitrogens with one attached hydrogen (secondary N) is 2. The van der Waals surface area contributed by atoms with Gasteiger partial charge in [-0.2, -0.15) is 0 Å². The first-order valence-corrected chi connectivity index (χ1v) is 9.40. The predicted molar refractivity (Wildman–Crippen MR) is 96.3 cm³/mol. The van der Waals surface area contributed by atoms with Crippen molar-refractivity contribution in [2.45, 2.75) is 52.1 Å². The molecule has 7 nitrogen and oxygen atoms in total. The zero-order valence-electron chi connectivity index (χ0n) is 14.4. The smallest absolute Gasteiger partial charge is 0.191 e. The summed E-state index contributed by atoms with van der Waals surface area (Å²) in [7, 11) is 1.78. The van der Waals surface area contributed by atoms with E-state index in [4.69, 9.17) is 0 Å². The summed E-state index contributed by atoms with van der Waals surface area (Å²) in [6.07, 6.45) is 5.62. The minimum Gasteiger partial charge on any atom is -0.356 e. The molecule has 8 heteroatoms. The van der Waals surface area contributed by atoms with Gasteiger partial charge in [0.05, 0.1) is 17.2 Å². The number of nitrogens with zero attached hydrogens (tertiary/aromatic N) is 5. The maximum Gasteiger partial charge on any atom is 0.191 e. The molecule has 0 aliphatic carbocycles. The van der Waals surface area contributed by atoms with Gasteiger partial charge in [0.1, 0.15) is 5.82 Å². The minimum absolute atomic E-state index is 0.641. The van der Waals surface area contributed by atoms with Gasteiger partial charge < -0.3 is 15.2 Å². The van der Waals surface area contributed by atoms with E-state index >= 15 is 0 Å². The van der Waals surface area contributed by atoms with Crippen LogP contribution in [0.2, 0.25) is 0 Å². The highest BCUT2D eigenvalue weighted by Gasteiger charge is 2.14. The van der Waals surface area contributed by atoms with Crippen LogP contribution in [0.25, 0.3) is 0 Å². The molecule has 0 atom stereocenters. The number of thiazole rings is 1. The largest absolute Gasteiger partial charge is 0.356 e. The Morgan fingerprint density at radius 1 is 1.29 bits per heavy atom. The number of aryl methyl sites for hydroxylation is 2. The van der Waals surface area contributed by atoms with Gasteiger partial charge in [-0.05, 0) is 19.8 Å². The van der Waals surface area contributed by atoms with Crippen molar-refractivity contribution in [2.75, 3.05) is 13.6 Å². The molecular formula is C16H25N7S. The highest BCUT2D eigenvalue weighted by Crippen LogP contribution is 2.14. The average molecular weight is 347 g/mol. The first kappa shape index (κ1) is 16.9. The van der Waals surface area contributed by atoms with Gasteiger partial charge >= 0.3 is 0 Å². The number of aromatic nitrogens is 4. The molecule has 3 rings (SSSR count). The van der Waals surface area contributed by atoms with E-state index in [1.165, 1.54) is 19.3 Å². The van der Waals surface area contributed by atoms with E-state index in [2.05, 4.69) is 40.8 Å². The second kappa shape index (κ2) is 8.23. The molecule has 130 valence electrons. The molecule has 0 saturated carbocycles. The van der Waals surface area contributed by atoms with Crippen LogP contribution in [0.15, 0.2) is 10.4 Å². The highest BCUT2D eigenvalue weighted by atomic mass is 32.1. The van der Waals surface area contributed by atoms with Crippen LogP contribution in [0.4, 0.5) is 0 Å². The molecule has 3 heterocycles. The second-order valence-corrected chi connectivity index (χ2v) is 7.02. The first-order valence-electron chi connectivity index (χ1n) is 8.52. The number of rotatable bonds is 5. The van der Waals surface area contributed by atoms with Crippen molar-refractivity contribution in [3.63, 3.8) is 0 Å². The summed E-state index contributed by atoms with van der Waals surface area (Å²) in [6, 6.07) is 0. The number of guanidine groups is 1. The standard InChI is InChI=1S/C16H25N7S/c1-12-20-13(11-24-12)7-8-18-16(17-2)19-10-15-22-21-14-6-4-3-5-9-23(14)15/h11H,3-10H2,1-2H3,(H2,17,18,19). The van der Waals surface area contributed by atoms with Gasteiger partial charge in [-0.3, -0.25) is 4.99 Å². The molecule has 0 fully saturated rings. The van der Waals surface area contributed by atoms with E-state index in [1.54, 1.807) is 18.4 Å². The lowest BCUT2D eigenvalue weighted by molar-refractivity contribution is 0.596. The van der Waals surface area contributed by atoms with Crippen LogP contribution in [0, 0.1) is 6.92 Å². The zero-order chi connectivity index (χ0) is 16.8. The van der Waals surface area contributed by atoms with E-state index in [-0.39, 0.29) is 0 Å². The Labute approximate surface area is 146 Å². The highest BCUT2D eigenvalue weighted by molar-refractivity contribution is 7.09. The number of fused-ring (bicyclic) bond motifs is 1. The Balaban J connectivity index is 1.48. The van der Waals surface area contributed by atoms with Crippen LogP contribution in [0.5, 0.6) is 0 Å². The third-order valence-electron chi connectivity index (χ3n) is 4.16. The molecule has 0 spiro atoms. The fraction of sp³-hybridized carbons (Fsp3) is 0.625. The van der Waals surface area contributed by atoms with Crippen LogP contribution in [-0.2, 0) is 25.9 Å². The summed E-state index contributed by atoms with van der Waals surface area (Å²) in [4.78, 5) is 8.75. The SMILES string of the molecule is CN=C(NCCc1csc(C)n1)NCc1nnc2n1CCCCC2. The quantitative estimate of drug-likeness (QED) is 0.635. The van der Waals surface area contributed by atoms with Crippen molar-refractivity contribution in [2.24, 2.45) is 4.99 Å². The Bertz CT molecular complexity index is 688. The average Bonchev–Trinajstić information content (AvgIpc) is 3.09. The van der Waals surface area contributed by atoms with Gasteiger partial charge in [-0.25, -0.2) is 4.98 Å². The maximum absolute atomic E-state index is 4.47. The predicted octanol–water partition coefficient (Wildman–Crippen LogP) is 1.68. The van der Waals surface area contributed by atoms with Crippen LogP contribution in [-0.4, -0.2) is 39.3 Å². The lowest BCUT2D eigenvalue weighted by Gasteiger charge is -2.12. The first-order chi connectivity index (χ1) is 11.8. The van der Waals surface area contributed by atoms with Crippen LogP contribution in [0.3, 0.4) is 0 Å². The van der Waals surface area contributed by atoms with Crippen molar-refractivity contribution < 1.29 is 0 Å².